The summed E-state index contributed by atoms with van der Waals surface area (Å²) < 4.78 is 61.5. The number of hydrogen-bond acceptors (Lipinski definition) is 26. The number of nitrogens with zero attached hydrogens (tertiary/aromatic N) is 5. The van der Waals surface area contributed by atoms with E-state index in [0.29, 0.717) is 111 Å². The first-order valence-corrected chi connectivity index (χ1v) is 37.6. The van der Waals surface area contributed by atoms with E-state index in [1.54, 1.807) is 27.0 Å². The molecule has 1 spiro atoms. The number of carbonyl (C=O) groups excluding carboxylic acids is 6. The number of nitrogens with one attached hydrogen (secondary N) is 2. The third-order valence-electron chi connectivity index (χ3n) is 25.4. The molecule has 111 heavy (non-hydrogen) atoms. The van der Waals surface area contributed by atoms with E-state index in [4.69, 9.17) is 52.1 Å². The number of carbonyl (C=O) groups is 6. The van der Waals surface area contributed by atoms with Gasteiger partial charge in [0, 0.05) is 126 Å². The summed E-state index contributed by atoms with van der Waals surface area (Å²) in [5.74, 6) is -1.65. The maximum Gasteiger partial charge on any atom is 0.344 e. The number of aromatic amines is 1. The molecular weight excluding hydrogens is 1430 g/mol. The fraction of sp³-hybridized carbons (Fsp3) is 0.470. The van der Waals surface area contributed by atoms with Gasteiger partial charge in [-0.25, -0.2) is 19.2 Å². The van der Waals surface area contributed by atoms with Crippen molar-refractivity contribution in [2.75, 3.05) is 107 Å². The lowest BCUT2D eigenvalue weighted by atomic mass is 9.47. The number of H-pyrrole nitrogens is 1. The molecule has 28 nitrogen and oxygen atoms in total. The van der Waals surface area contributed by atoms with Crippen molar-refractivity contribution < 1.29 is 96.0 Å². The van der Waals surface area contributed by atoms with E-state index < -0.39 is 86.4 Å². The number of para-hydroxylation sites is 2. The Labute approximate surface area is 641 Å². The first-order valence-electron chi connectivity index (χ1n) is 37.6. The van der Waals surface area contributed by atoms with Crippen molar-refractivity contribution in [2.24, 2.45) is 11.3 Å². The fourth-order valence-corrected chi connectivity index (χ4v) is 20.9. The number of ether oxygens (including phenoxy) is 11. The molecule has 0 unspecified atom stereocenters. The van der Waals surface area contributed by atoms with Gasteiger partial charge >= 0.3 is 35.8 Å². The minimum absolute atomic E-state index is 0.0986. The van der Waals surface area contributed by atoms with E-state index in [1.807, 2.05) is 68.3 Å². The molecule has 11 heterocycles. The lowest BCUT2D eigenvalue weighted by Gasteiger charge is -2.63. The van der Waals surface area contributed by atoms with Crippen molar-refractivity contribution >= 4 is 58.1 Å². The predicted molar refractivity (Wildman–Crippen MR) is 401 cm³/mol. The number of anilines is 1. The number of allylic oxidation sites excluding steroid dienone is 2. The second kappa shape index (κ2) is 28.7. The summed E-state index contributed by atoms with van der Waals surface area (Å²) in [7, 11) is 10.6. The highest BCUT2D eigenvalue weighted by molar-refractivity contribution is 6.01. The van der Waals surface area contributed by atoms with Crippen LogP contribution >= 0.6 is 0 Å². The summed E-state index contributed by atoms with van der Waals surface area (Å²) >= 11 is 0. The Kier molecular flexibility index (Phi) is 19.6. The van der Waals surface area contributed by atoms with Crippen molar-refractivity contribution in [2.45, 2.75) is 138 Å². The fourth-order valence-electron chi connectivity index (χ4n) is 20.9. The van der Waals surface area contributed by atoms with Crippen molar-refractivity contribution in [1.82, 2.24) is 25.0 Å². The highest BCUT2D eigenvalue weighted by Gasteiger charge is 2.80. The van der Waals surface area contributed by atoms with Crippen molar-refractivity contribution in [3.63, 3.8) is 0 Å². The third-order valence-corrected chi connectivity index (χ3v) is 25.4. The normalized spacial score (nSPS) is 29.0. The zero-order chi connectivity index (χ0) is 78.7. The van der Waals surface area contributed by atoms with Gasteiger partial charge < -0.3 is 77.5 Å². The summed E-state index contributed by atoms with van der Waals surface area (Å²) in [5.41, 5.74) is 3.20. The molecule has 5 aromatic carbocycles. The number of nitro benzene ring substituents is 1. The molecule has 28 heteroatoms. The number of hydrogen-bond donors (Lipinski definition) is 4. The summed E-state index contributed by atoms with van der Waals surface area (Å²) in [5, 5.41) is 40.7. The predicted octanol–water partition coefficient (Wildman–Crippen LogP) is 8.75. The van der Waals surface area contributed by atoms with E-state index in [0.717, 1.165) is 69.0 Å². The maximum atomic E-state index is 15.3. The second-order valence-electron chi connectivity index (χ2n) is 30.8. The minimum atomic E-state index is -2.30. The molecule has 10 aliphatic heterocycles. The van der Waals surface area contributed by atoms with Crippen LogP contribution in [-0.4, -0.2) is 203 Å². The average Bonchev–Trinajstić information content (AvgIpc) is 1.53. The molecule has 17 rings (SSSR count). The van der Waals surface area contributed by atoms with E-state index in [9.17, 15) is 44.3 Å². The number of esters is 6. The highest BCUT2D eigenvalue weighted by Crippen LogP contribution is 2.69. The summed E-state index contributed by atoms with van der Waals surface area (Å²) in [6.45, 7) is 13.1. The van der Waals surface area contributed by atoms with Crippen molar-refractivity contribution in [3.05, 3.63) is 180 Å². The monoisotopic (exact) mass is 1520 g/mol. The topological polar surface area (TPSA) is 328 Å². The highest BCUT2D eigenvalue weighted by atomic mass is 16.7. The smallest absolute Gasteiger partial charge is 0.344 e. The molecule has 2 saturated heterocycles. The molecular formula is C83H93N7O21. The Morgan fingerprint density at radius 2 is 1.43 bits per heavy atom. The zero-order valence-corrected chi connectivity index (χ0v) is 64.3. The van der Waals surface area contributed by atoms with Crippen LogP contribution in [-0.2, 0) is 76.1 Å². The zero-order valence-electron chi connectivity index (χ0n) is 64.3. The second-order valence-corrected chi connectivity index (χ2v) is 30.8. The lowest BCUT2D eigenvalue weighted by Crippen LogP contribution is -2.81. The molecule has 11 aliphatic rings. The van der Waals surface area contributed by atoms with Gasteiger partial charge in [0.15, 0.2) is 29.1 Å². The Morgan fingerprint density at radius 1 is 0.739 bits per heavy atom. The maximum absolute atomic E-state index is 15.3. The molecule has 2 bridgehead atoms. The number of likely N-dealkylation sites (N-methyl/N-ethyl adjacent to an activating group) is 2. The molecule has 4 N–H and O–H groups in total. The van der Waals surface area contributed by atoms with Gasteiger partial charge in [-0.1, -0.05) is 68.5 Å². The van der Waals surface area contributed by atoms with Crippen LogP contribution in [0.25, 0.3) is 10.9 Å². The minimum Gasteiger partial charge on any atom is -0.496 e. The number of benzene rings is 5. The van der Waals surface area contributed by atoms with Gasteiger partial charge in [0.1, 0.15) is 22.8 Å². The SMILES string of the molecule is CC[C@]1(O)C[C@@H]2C[N@@](CCc3c([nH]c4ccccc34)[C@@](C(=O)OC)(c3cc4c(cc3OC)N(C)[C@H]3[C@@](O)(C(=O)OC)[C@H](OC(C)=O)[C@]5(CC)C=CCN6CC[C@]43[C@@H]65)C2)C1.CN1CCc2cc3c(cc2[C@H]1[C@@H]1OC(=O)c2c1ccc1c2OCO1)OCO3.COC(=O)C1=C(C)NC(C)=C(C(=O)OC)C1c1ccccc1[N+](=O)[O-]. The first kappa shape index (κ1) is 75.9. The Balaban J connectivity index is 0.000000154. The number of piperidine rings is 1. The molecule has 12 atom stereocenters. The van der Waals surface area contributed by atoms with Gasteiger partial charge in [0.2, 0.25) is 19.2 Å². The first-order chi connectivity index (χ1) is 53.3. The average molecular weight is 1520 g/mol. The van der Waals surface area contributed by atoms with Crippen LogP contribution in [0.1, 0.15) is 140 Å². The van der Waals surface area contributed by atoms with Crippen LogP contribution in [0.2, 0.25) is 0 Å². The lowest BCUT2D eigenvalue weighted by molar-refractivity contribution is -0.385. The van der Waals surface area contributed by atoms with Gasteiger partial charge in [-0.3, -0.25) is 34.4 Å². The van der Waals surface area contributed by atoms with Crippen LogP contribution < -0.4 is 33.9 Å². The number of cyclic esters (lactones) is 1. The molecule has 1 aliphatic carbocycles. The Morgan fingerprint density at radius 3 is 2.12 bits per heavy atom. The molecule has 6 aromatic rings. The van der Waals surface area contributed by atoms with Gasteiger partial charge in [-0.15, -0.1) is 0 Å². The molecule has 1 saturated carbocycles. The van der Waals surface area contributed by atoms with E-state index in [2.05, 4.69) is 62.4 Å². The molecule has 0 radical (unpaired) electrons. The largest absolute Gasteiger partial charge is 0.496 e. The molecule has 0 amide bonds. The van der Waals surface area contributed by atoms with Gasteiger partial charge in [-0.2, -0.15) is 0 Å². The van der Waals surface area contributed by atoms with Crippen LogP contribution in [0.4, 0.5) is 11.4 Å². The molecule has 3 fully saturated rings. The summed E-state index contributed by atoms with van der Waals surface area (Å²) in [6.07, 6.45) is 6.44. The van der Waals surface area contributed by atoms with E-state index in [-0.39, 0.29) is 60.0 Å². The van der Waals surface area contributed by atoms with Crippen molar-refractivity contribution in [3.8, 4) is 28.7 Å². The number of methoxy groups -OCH3 is 5. The number of fused-ring (bicyclic) bond motifs is 11. The standard InChI is InChI=1S/C46H58N4O9.C20H17NO6.C17H18N2O6/c1-8-42(54)23-28-24-45(40(52)57-6,36-30(15-19-49(25-28)26-42)29-13-10-11-14-33(29)47-36)32-21-31-34(22-35(32)56-5)48(4)38-44(31)17-20-50-18-12-16-43(9-2,37(44)50)39(59-27(3)51)46(38,55)41(53)58-7;1-21-5-4-10-6-14-15(25-8-24-14)7-12(10)17(21)18-11-2-3-13-19(26-9-23-13)16(11)20(22)27-18;1-9-13(16(20)24-3)15(14(10(2)18-9)17(21)25-4)11-7-5-6-8-12(11)19(22)23/h10-14,16,21-22,28,37-39,47,54-55H,8-9,15,17-20,23-26H2,1-7H3;2-3,6-7,17-18H,4-5,8-9H2,1H3;5-8,15,18H,1-4H3/t28-,37-,38+,39+,42-,43+,44+,45-,46-;17-,18+;/m00./s1. The summed E-state index contributed by atoms with van der Waals surface area (Å²) in [6, 6.07) is 24.7. The molecule has 1 aromatic heterocycles. The van der Waals surface area contributed by atoms with Crippen molar-refractivity contribution in [1.29, 1.82) is 0 Å². The van der Waals surface area contributed by atoms with E-state index in [1.165, 1.54) is 59.1 Å². The number of dihydropyridines is 1. The number of aliphatic hydroxyl groups is 2. The summed E-state index contributed by atoms with van der Waals surface area (Å²) in [4.78, 5) is 104. The van der Waals surface area contributed by atoms with Gasteiger partial charge in [-0.05, 0) is 131 Å². The number of nitro groups is 1. The Hall–Kier alpha value is -10.5. The Bertz CT molecular complexity index is 4920. The van der Waals surface area contributed by atoms with Gasteiger partial charge in [0.05, 0.1) is 75.2 Å². The van der Waals surface area contributed by atoms with E-state index >= 15 is 4.79 Å². The quantitative estimate of drug-likeness (QED) is 0.0292. The van der Waals surface area contributed by atoms with Crippen LogP contribution in [0.3, 0.4) is 0 Å². The van der Waals surface area contributed by atoms with Crippen LogP contribution in [0.15, 0.2) is 120 Å². The number of rotatable bonds is 12. The van der Waals surface area contributed by atoms with Crippen LogP contribution in [0, 0.1) is 21.4 Å². The van der Waals surface area contributed by atoms with Crippen LogP contribution in [0.5, 0.6) is 28.7 Å². The van der Waals surface area contributed by atoms with Gasteiger partial charge in [0.25, 0.3) is 5.69 Å². The number of aromatic nitrogens is 1. The third kappa shape index (κ3) is 11.7. The molecule has 586 valence electrons.